The molecule has 0 bridgehead atoms. The van der Waals surface area contributed by atoms with Gasteiger partial charge in [-0.15, -0.1) is 0 Å². The molecule has 0 radical (unpaired) electrons. The summed E-state index contributed by atoms with van der Waals surface area (Å²) < 4.78 is 6.23. The van der Waals surface area contributed by atoms with Crippen molar-refractivity contribution in [1.82, 2.24) is 10.2 Å². The first-order valence-corrected chi connectivity index (χ1v) is 7.79. The zero-order valence-corrected chi connectivity index (χ0v) is 12.7. The number of piperidine rings is 1. The Kier molecular flexibility index (Phi) is 3.99. The Morgan fingerprint density at radius 1 is 1.40 bits per heavy atom. The molecule has 110 valence electrons. The van der Waals surface area contributed by atoms with Gasteiger partial charge in [-0.25, -0.2) is 0 Å². The second kappa shape index (κ2) is 5.74. The number of likely N-dealkylation sites (tertiary alicyclic amines) is 1. The Morgan fingerprint density at radius 2 is 2.30 bits per heavy atom. The third-order valence-corrected chi connectivity index (χ3v) is 4.65. The van der Waals surface area contributed by atoms with Crippen LogP contribution in [0.2, 0.25) is 0 Å². The normalized spacial score (nSPS) is 27.1. The van der Waals surface area contributed by atoms with Crippen molar-refractivity contribution in [2.75, 3.05) is 33.3 Å². The summed E-state index contributed by atoms with van der Waals surface area (Å²) in [6.07, 6.45) is 3.67. The Labute approximate surface area is 122 Å². The van der Waals surface area contributed by atoms with Crippen LogP contribution in [0.3, 0.4) is 0 Å². The van der Waals surface area contributed by atoms with Crippen molar-refractivity contribution in [2.45, 2.75) is 32.7 Å². The van der Waals surface area contributed by atoms with E-state index in [0.29, 0.717) is 0 Å². The van der Waals surface area contributed by atoms with E-state index >= 15 is 0 Å². The molecule has 1 fully saturated rings. The molecular weight excluding hydrogens is 248 g/mol. The van der Waals surface area contributed by atoms with E-state index in [1.54, 1.807) is 0 Å². The molecule has 0 aliphatic carbocycles. The summed E-state index contributed by atoms with van der Waals surface area (Å²) in [5.41, 5.74) is 3.11. The van der Waals surface area contributed by atoms with Gasteiger partial charge in [0.15, 0.2) is 0 Å². The third kappa shape index (κ3) is 2.99. The van der Waals surface area contributed by atoms with Gasteiger partial charge in [0, 0.05) is 24.1 Å². The second-order valence-electron chi connectivity index (χ2n) is 6.76. The fourth-order valence-electron chi connectivity index (χ4n) is 3.57. The van der Waals surface area contributed by atoms with E-state index in [1.807, 2.05) is 0 Å². The molecule has 1 aromatic rings. The van der Waals surface area contributed by atoms with Gasteiger partial charge in [0.25, 0.3) is 0 Å². The Bertz CT molecular complexity index is 474. The Hall–Kier alpha value is -1.06. The van der Waals surface area contributed by atoms with Crippen LogP contribution in [0.5, 0.6) is 5.75 Å². The minimum atomic E-state index is 0.290. The monoisotopic (exact) mass is 274 g/mol. The van der Waals surface area contributed by atoms with E-state index in [9.17, 15) is 0 Å². The van der Waals surface area contributed by atoms with E-state index in [2.05, 4.69) is 42.4 Å². The van der Waals surface area contributed by atoms with Crippen LogP contribution in [0.15, 0.2) is 18.2 Å². The van der Waals surface area contributed by atoms with Crippen molar-refractivity contribution in [3.63, 3.8) is 0 Å². The van der Waals surface area contributed by atoms with Crippen molar-refractivity contribution in [3.8, 4) is 5.75 Å². The molecule has 0 spiro atoms. The molecule has 20 heavy (non-hydrogen) atoms. The molecule has 1 N–H and O–H groups in total. The summed E-state index contributed by atoms with van der Waals surface area (Å²) in [6, 6.07) is 6.50. The third-order valence-electron chi connectivity index (χ3n) is 4.65. The predicted octanol–water partition coefficient (Wildman–Crippen LogP) is 2.44. The van der Waals surface area contributed by atoms with Crippen LogP contribution in [0.25, 0.3) is 0 Å². The van der Waals surface area contributed by atoms with Crippen molar-refractivity contribution in [3.05, 3.63) is 29.3 Å². The summed E-state index contributed by atoms with van der Waals surface area (Å²) in [5.74, 6) is 1.09. The lowest BCUT2D eigenvalue weighted by atomic mass is 9.83. The molecule has 3 rings (SSSR count). The molecule has 0 amide bonds. The highest BCUT2D eigenvalue weighted by molar-refractivity contribution is 5.41. The van der Waals surface area contributed by atoms with Crippen LogP contribution in [0.4, 0.5) is 0 Å². The number of ether oxygens (including phenoxy) is 1. The Balaban J connectivity index is 1.69. The molecule has 1 unspecified atom stereocenters. The van der Waals surface area contributed by atoms with Crippen LogP contribution >= 0.6 is 0 Å². The van der Waals surface area contributed by atoms with Gasteiger partial charge in [0.05, 0.1) is 6.61 Å². The standard InChI is InChI=1S/C17H26N2O/c1-17(8-4-10-19(2)12-17)13-20-16-6-3-5-14-7-9-18-11-15(14)16/h3,5-6,18H,4,7-13H2,1-2H3. The second-order valence-corrected chi connectivity index (χ2v) is 6.76. The maximum absolute atomic E-state index is 6.23. The first-order valence-electron chi connectivity index (χ1n) is 7.79. The van der Waals surface area contributed by atoms with Gasteiger partial charge < -0.3 is 15.0 Å². The van der Waals surface area contributed by atoms with Gasteiger partial charge in [0.1, 0.15) is 5.75 Å². The van der Waals surface area contributed by atoms with Gasteiger partial charge in [-0.05, 0) is 51.0 Å². The van der Waals surface area contributed by atoms with Crippen molar-refractivity contribution in [2.24, 2.45) is 5.41 Å². The zero-order chi connectivity index (χ0) is 14.0. The lowest BCUT2D eigenvalue weighted by molar-refractivity contribution is 0.0695. The molecule has 2 heterocycles. The molecule has 2 aliphatic heterocycles. The maximum Gasteiger partial charge on any atom is 0.124 e. The average molecular weight is 274 g/mol. The van der Waals surface area contributed by atoms with Gasteiger partial charge in [-0.3, -0.25) is 0 Å². The number of benzene rings is 1. The summed E-state index contributed by atoms with van der Waals surface area (Å²) >= 11 is 0. The number of rotatable bonds is 3. The average Bonchev–Trinajstić information content (AvgIpc) is 2.45. The quantitative estimate of drug-likeness (QED) is 0.916. The molecular formula is C17H26N2O. The van der Waals surface area contributed by atoms with E-state index in [-0.39, 0.29) is 5.41 Å². The molecule has 3 nitrogen and oxygen atoms in total. The predicted molar refractivity (Wildman–Crippen MR) is 82.2 cm³/mol. The molecule has 1 aromatic carbocycles. The number of fused-ring (bicyclic) bond motifs is 1. The summed E-state index contributed by atoms with van der Waals surface area (Å²) in [6.45, 7) is 7.58. The SMILES string of the molecule is CN1CCCC(C)(COc2cccc3c2CNCC3)C1. The van der Waals surface area contributed by atoms with Crippen LogP contribution in [-0.4, -0.2) is 38.2 Å². The van der Waals surface area contributed by atoms with E-state index in [1.165, 1.54) is 30.5 Å². The van der Waals surface area contributed by atoms with Crippen molar-refractivity contribution >= 4 is 0 Å². The highest BCUT2D eigenvalue weighted by Gasteiger charge is 2.30. The number of nitrogens with zero attached hydrogens (tertiary/aromatic N) is 1. The highest BCUT2D eigenvalue weighted by atomic mass is 16.5. The van der Waals surface area contributed by atoms with Crippen LogP contribution in [0, 0.1) is 5.41 Å². The van der Waals surface area contributed by atoms with E-state index < -0.39 is 0 Å². The zero-order valence-electron chi connectivity index (χ0n) is 12.7. The van der Waals surface area contributed by atoms with Gasteiger partial charge in [-0.2, -0.15) is 0 Å². The van der Waals surface area contributed by atoms with Crippen LogP contribution in [-0.2, 0) is 13.0 Å². The number of nitrogens with one attached hydrogen (secondary N) is 1. The van der Waals surface area contributed by atoms with E-state index in [4.69, 9.17) is 4.74 Å². The van der Waals surface area contributed by atoms with Crippen LogP contribution in [0.1, 0.15) is 30.9 Å². The van der Waals surface area contributed by atoms with E-state index in [0.717, 1.165) is 38.4 Å². The summed E-state index contributed by atoms with van der Waals surface area (Å²) in [5, 5.41) is 3.45. The largest absolute Gasteiger partial charge is 0.493 e. The number of hydrogen-bond acceptors (Lipinski definition) is 3. The molecule has 0 aromatic heterocycles. The summed E-state index contributed by atoms with van der Waals surface area (Å²) in [7, 11) is 2.21. The first-order chi connectivity index (χ1) is 9.66. The lowest BCUT2D eigenvalue weighted by Gasteiger charge is -2.38. The molecule has 0 saturated carbocycles. The molecule has 1 atom stereocenters. The highest BCUT2D eigenvalue weighted by Crippen LogP contribution is 2.31. The fourth-order valence-corrected chi connectivity index (χ4v) is 3.57. The topological polar surface area (TPSA) is 24.5 Å². The van der Waals surface area contributed by atoms with Gasteiger partial charge in [0.2, 0.25) is 0 Å². The van der Waals surface area contributed by atoms with Crippen molar-refractivity contribution < 1.29 is 4.74 Å². The maximum atomic E-state index is 6.23. The fraction of sp³-hybridized carbons (Fsp3) is 0.647. The molecule has 2 aliphatic rings. The minimum Gasteiger partial charge on any atom is -0.493 e. The smallest absolute Gasteiger partial charge is 0.124 e. The van der Waals surface area contributed by atoms with Gasteiger partial charge >= 0.3 is 0 Å². The minimum absolute atomic E-state index is 0.290. The van der Waals surface area contributed by atoms with Crippen molar-refractivity contribution in [1.29, 1.82) is 0 Å². The summed E-state index contributed by atoms with van der Waals surface area (Å²) in [4.78, 5) is 2.43. The Morgan fingerprint density at radius 3 is 3.15 bits per heavy atom. The first kappa shape index (κ1) is 13.9. The lowest BCUT2D eigenvalue weighted by Crippen LogP contribution is -2.42. The van der Waals surface area contributed by atoms with Crippen LogP contribution < -0.4 is 10.1 Å². The number of hydrogen-bond donors (Lipinski definition) is 1. The molecule has 3 heteroatoms. The molecule has 1 saturated heterocycles. The van der Waals surface area contributed by atoms with Gasteiger partial charge in [-0.1, -0.05) is 19.1 Å².